The highest BCUT2D eigenvalue weighted by Gasteiger charge is 2.33. The molecule has 0 aliphatic carbocycles. The molecule has 8 heteroatoms. The number of methoxy groups -OCH3 is 1. The molecule has 156 valence electrons. The van der Waals surface area contributed by atoms with Crippen molar-refractivity contribution in [3.8, 4) is 17.0 Å². The molecular weight excluding hydrogens is 390 g/mol. The molecule has 0 saturated heterocycles. The molecule has 29 heavy (non-hydrogen) atoms. The van der Waals surface area contributed by atoms with Crippen LogP contribution < -0.4 is 15.0 Å². The Morgan fingerprint density at radius 3 is 2.97 bits per heavy atom. The molecule has 2 heterocycles. The summed E-state index contributed by atoms with van der Waals surface area (Å²) in [6.07, 6.45) is 0.951. The number of aromatic nitrogens is 1. The largest absolute Gasteiger partial charge is 0.479 e. The second-order valence-electron chi connectivity index (χ2n) is 7.11. The van der Waals surface area contributed by atoms with Crippen LogP contribution in [0.5, 0.6) is 5.75 Å². The summed E-state index contributed by atoms with van der Waals surface area (Å²) in [6, 6.07) is 5.68. The maximum Gasteiger partial charge on any atom is 0.268 e. The Balaban J connectivity index is 1.87. The third-order valence-electron chi connectivity index (χ3n) is 4.86. The molecule has 0 radical (unpaired) electrons. The minimum absolute atomic E-state index is 0.0382. The van der Waals surface area contributed by atoms with Gasteiger partial charge in [-0.3, -0.25) is 14.5 Å². The lowest BCUT2D eigenvalue weighted by Crippen LogP contribution is -2.49. The molecule has 3 rings (SSSR count). The van der Waals surface area contributed by atoms with Crippen molar-refractivity contribution in [2.75, 3.05) is 25.2 Å². The van der Waals surface area contributed by atoms with Crippen LogP contribution in [-0.2, 0) is 20.7 Å². The number of nitrogens with one attached hydrogen (secondary N) is 1. The minimum Gasteiger partial charge on any atom is -0.479 e. The van der Waals surface area contributed by atoms with E-state index in [4.69, 9.17) is 9.47 Å². The van der Waals surface area contributed by atoms with Crippen molar-refractivity contribution in [2.45, 2.75) is 45.8 Å². The Kier molecular flexibility index (Phi) is 6.87. The molecule has 1 aliphatic heterocycles. The predicted molar refractivity (Wildman–Crippen MR) is 113 cm³/mol. The van der Waals surface area contributed by atoms with Crippen LogP contribution in [-0.4, -0.2) is 49.2 Å². The first-order valence-electron chi connectivity index (χ1n) is 9.78. The fourth-order valence-corrected chi connectivity index (χ4v) is 3.83. The van der Waals surface area contributed by atoms with Gasteiger partial charge in [-0.25, -0.2) is 4.98 Å². The van der Waals surface area contributed by atoms with E-state index in [9.17, 15) is 9.59 Å². The maximum absolute atomic E-state index is 12.7. The summed E-state index contributed by atoms with van der Waals surface area (Å²) in [5.74, 6) is 0.175. The number of ether oxygens (including phenoxy) is 2. The summed E-state index contributed by atoms with van der Waals surface area (Å²) in [4.78, 5) is 31.3. The summed E-state index contributed by atoms with van der Waals surface area (Å²) in [7, 11) is 1.67. The minimum atomic E-state index is -0.635. The van der Waals surface area contributed by atoms with Crippen LogP contribution >= 0.6 is 11.3 Å². The SMILES string of the molecule is CCC(C)NC(=O)CN1C(=O)C(C)Oc2ccc(-c3csc(CCOC)n3)cc21. The van der Waals surface area contributed by atoms with Gasteiger partial charge in [0.25, 0.3) is 5.91 Å². The molecule has 7 nitrogen and oxygen atoms in total. The van der Waals surface area contributed by atoms with Gasteiger partial charge in [-0.1, -0.05) is 6.92 Å². The molecule has 0 bridgehead atoms. The van der Waals surface area contributed by atoms with Gasteiger partial charge in [-0.05, 0) is 38.5 Å². The third-order valence-corrected chi connectivity index (χ3v) is 5.76. The number of benzene rings is 1. The first-order valence-corrected chi connectivity index (χ1v) is 10.7. The molecule has 0 fully saturated rings. The van der Waals surface area contributed by atoms with Crippen molar-refractivity contribution in [3.63, 3.8) is 0 Å². The van der Waals surface area contributed by atoms with Crippen molar-refractivity contribution in [3.05, 3.63) is 28.6 Å². The summed E-state index contributed by atoms with van der Waals surface area (Å²) in [6.45, 7) is 6.22. The molecule has 2 atom stereocenters. The highest BCUT2D eigenvalue weighted by Crippen LogP contribution is 2.37. The van der Waals surface area contributed by atoms with Crippen LogP contribution in [0.25, 0.3) is 11.3 Å². The zero-order valence-electron chi connectivity index (χ0n) is 17.2. The second kappa shape index (κ2) is 9.37. The highest BCUT2D eigenvalue weighted by molar-refractivity contribution is 7.09. The van der Waals surface area contributed by atoms with Crippen molar-refractivity contribution in [1.29, 1.82) is 0 Å². The van der Waals surface area contributed by atoms with Crippen LogP contribution in [0.15, 0.2) is 23.6 Å². The third kappa shape index (κ3) is 4.94. The Hall–Kier alpha value is -2.45. The second-order valence-corrected chi connectivity index (χ2v) is 8.06. The Morgan fingerprint density at radius 1 is 1.45 bits per heavy atom. The number of rotatable bonds is 8. The van der Waals surface area contributed by atoms with Gasteiger partial charge >= 0.3 is 0 Å². The number of fused-ring (bicyclic) bond motifs is 1. The van der Waals surface area contributed by atoms with Crippen LogP contribution in [0, 0.1) is 0 Å². The van der Waals surface area contributed by atoms with Crippen LogP contribution in [0.1, 0.15) is 32.2 Å². The molecule has 0 spiro atoms. The van der Waals surface area contributed by atoms with Gasteiger partial charge in [0.15, 0.2) is 6.10 Å². The smallest absolute Gasteiger partial charge is 0.268 e. The Morgan fingerprint density at radius 2 is 2.24 bits per heavy atom. The lowest BCUT2D eigenvalue weighted by molar-refractivity contribution is -0.128. The van der Waals surface area contributed by atoms with E-state index in [2.05, 4.69) is 10.3 Å². The van der Waals surface area contributed by atoms with E-state index in [1.165, 1.54) is 4.90 Å². The van der Waals surface area contributed by atoms with Crippen molar-refractivity contribution in [1.82, 2.24) is 10.3 Å². The molecule has 1 N–H and O–H groups in total. The van der Waals surface area contributed by atoms with Crippen molar-refractivity contribution in [2.24, 2.45) is 0 Å². The quantitative estimate of drug-likeness (QED) is 0.714. The van der Waals surface area contributed by atoms with Gasteiger partial charge in [0.1, 0.15) is 12.3 Å². The number of anilines is 1. The van der Waals surface area contributed by atoms with E-state index < -0.39 is 6.10 Å². The average Bonchev–Trinajstić information content (AvgIpc) is 3.18. The normalized spacial score (nSPS) is 16.9. The molecule has 2 amide bonds. The standard InChI is InChI=1S/C21H27N3O4S/c1-5-13(2)22-19(25)11-24-17-10-15(6-7-18(17)28-14(3)21(24)26)16-12-29-20(23-16)8-9-27-4/h6-7,10,12-14H,5,8-9,11H2,1-4H3,(H,22,25). The van der Waals surface area contributed by atoms with Gasteiger partial charge in [0, 0.05) is 30.5 Å². The van der Waals surface area contributed by atoms with Crippen LogP contribution in [0.4, 0.5) is 5.69 Å². The van der Waals surface area contributed by atoms with E-state index in [0.29, 0.717) is 18.0 Å². The fraction of sp³-hybridized carbons (Fsp3) is 0.476. The summed E-state index contributed by atoms with van der Waals surface area (Å²) < 4.78 is 10.9. The highest BCUT2D eigenvalue weighted by atomic mass is 32.1. The molecule has 1 aliphatic rings. The number of hydrogen-bond donors (Lipinski definition) is 1. The molecular formula is C21H27N3O4S. The number of carbonyl (C=O) groups excluding carboxylic acids is 2. The summed E-state index contributed by atoms with van der Waals surface area (Å²) in [5.41, 5.74) is 2.30. The van der Waals surface area contributed by atoms with Gasteiger partial charge in [-0.2, -0.15) is 0 Å². The van der Waals surface area contributed by atoms with E-state index >= 15 is 0 Å². The fourth-order valence-electron chi connectivity index (χ4n) is 3.04. The van der Waals surface area contributed by atoms with E-state index in [0.717, 1.165) is 29.1 Å². The molecule has 2 aromatic rings. The van der Waals surface area contributed by atoms with E-state index in [1.54, 1.807) is 25.4 Å². The zero-order valence-corrected chi connectivity index (χ0v) is 18.0. The first kappa shape index (κ1) is 21.3. The molecule has 0 saturated carbocycles. The number of amides is 2. The van der Waals surface area contributed by atoms with Crippen molar-refractivity contribution < 1.29 is 19.1 Å². The average molecular weight is 418 g/mol. The lowest BCUT2D eigenvalue weighted by atomic mass is 10.1. The lowest BCUT2D eigenvalue weighted by Gasteiger charge is -2.33. The van der Waals surface area contributed by atoms with Gasteiger partial charge in [0.05, 0.1) is 23.0 Å². The summed E-state index contributed by atoms with van der Waals surface area (Å²) >= 11 is 1.58. The van der Waals surface area contributed by atoms with Gasteiger partial charge in [-0.15, -0.1) is 11.3 Å². The van der Waals surface area contributed by atoms with Gasteiger partial charge in [0.2, 0.25) is 5.91 Å². The Labute approximate surface area is 175 Å². The van der Waals surface area contributed by atoms with Crippen LogP contribution in [0.3, 0.4) is 0 Å². The molecule has 1 aromatic heterocycles. The zero-order chi connectivity index (χ0) is 21.0. The Bertz CT molecular complexity index is 883. The number of carbonyl (C=O) groups is 2. The van der Waals surface area contributed by atoms with Crippen molar-refractivity contribution >= 4 is 28.8 Å². The first-order chi connectivity index (χ1) is 13.9. The van der Waals surface area contributed by atoms with E-state index in [1.807, 2.05) is 37.4 Å². The molecule has 2 unspecified atom stereocenters. The molecule has 1 aromatic carbocycles. The number of nitrogens with zero attached hydrogens (tertiary/aromatic N) is 2. The van der Waals surface area contributed by atoms with Gasteiger partial charge < -0.3 is 14.8 Å². The predicted octanol–water partition coefficient (Wildman–Crippen LogP) is 3.03. The topological polar surface area (TPSA) is 80.8 Å². The monoisotopic (exact) mass is 417 g/mol. The summed E-state index contributed by atoms with van der Waals surface area (Å²) in [5, 5.41) is 5.89. The number of hydrogen-bond acceptors (Lipinski definition) is 6. The van der Waals surface area contributed by atoms with E-state index in [-0.39, 0.29) is 24.4 Å². The number of thiazole rings is 1. The maximum atomic E-state index is 12.7. The van der Waals surface area contributed by atoms with Crippen LogP contribution in [0.2, 0.25) is 0 Å².